The molecule has 2 fully saturated rings. The van der Waals surface area contributed by atoms with E-state index < -0.39 is 86.3 Å². The van der Waals surface area contributed by atoms with Crippen LogP contribution in [-0.2, 0) is 20.4 Å². The molecule has 0 unspecified atom stereocenters. The SMILES string of the molecule is OC[C@H]1O[C@@H](O[C@H]2[C@H](O)[C@@H](O)[C@H](Nc3ccc(C(F)(F)F)cc3)O[C@@H]2CO)[C@H](O)[C@@H](O)[C@H]1O. The van der Waals surface area contributed by atoms with Crippen molar-refractivity contribution >= 4 is 5.69 Å². The highest BCUT2D eigenvalue weighted by Crippen LogP contribution is 2.32. The van der Waals surface area contributed by atoms with E-state index in [-0.39, 0.29) is 5.69 Å². The molecule has 0 radical (unpaired) electrons. The van der Waals surface area contributed by atoms with Crippen molar-refractivity contribution in [3.63, 3.8) is 0 Å². The van der Waals surface area contributed by atoms with Crippen LogP contribution in [0.1, 0.15) is 5.56 Å². The first-order valence-corrected chi connectivity index (χ1v) is 10.00. The summed E-state index contributed by atoms with van der Waals surface area (Å²) < 4.78 is 54.3. The molecular weight excluding hydrogens is 459 g/mol. The van der Waals surface area contributed by atoms with Crippen LogP contribution in [0.3, 0.4) is 0 Å². The van der Waals surface area contributed by atoms with Crippen LogP contribution in [0, 0.1) is 0 Å². The number of anilines is 1. The summed E-state index contributed by atoms with van der Waals surface area (Å²) in [5, 5.41) is 72.4. The third-order valence-electron chi connectivity index (χ3n) is 5.53. The lowest BCUT2D eigenvalue weighted by Gasteiger charge is -2.46. The molecule has 0 spiro atoms. The van der Waals surface area contributed by atoms with Crippen molar-refractivity contribution in [2.45, 2.75) is 67.5 Å². The van der Waals surface area contributed by atoms with Crippen LogP contribution in [0.5, 0.6) is 0 Å². The van der Waals surface area contributed by atoms with E-state index >= 15 is 0 Å². The van der Waals surface area contributed by atoms with Crippen LogP contribution >= 0.6 is 0 Å². The number of nitrogens with one attached hydrogen (secondary N) is 1. The molecule has 10 atom stereocenters. The number of ether oxygens (including phenoxy) is 3. The van der Waals surface area contributed by atoms with E-state index in [1.54, 1.807) is 0 Å². The Kier molecular flexibility index (Phi) is 8.16. The van der Waals surface area contributed by atoms with E-state index in [4.69, 9.17) is 14.2 Å². The Hall–Kier alpha value is -1.59. The van der Waals surface area contributed by atoms with Gasteiger partial charge in [-0.25, -0.2) is 0 Å². The monoisotopic (exact) mass is 485 g/mol. The van der Waals surface area contributed by atoms with Gasteiger partial charge < -0.3 is 55.3 Å². The molecule has 0 amide bonds. The predicted octanol–water partition coefficient (Wildman–Crippen LogP) is -2.26. The van der Waals surface area contributed by atoms with Gasteiger partial charge in [0.25, 0.3) is 0 Å². The summed E-state index contributed by atoms with van der Waals surface area (Å²) in [6.07, 6.45) is -20.3. The number of aliphatic hydroxyl groups excluding tert-OH is 7. The maximum absolute atomic E-state index is 12.7. The number of aliphatic hydroxyl groups is 7. The second-order valence-electron chi connectivity index (χ2n) is 7.78. The standard InChI is InChI=1S/C19H26F3NO10/c20-19(21,22)7-1-3-8(4-2-7)23-17-14(29)13(28)16(10(6-25)31-17)33-18-15(30)12(27)11(26)9(5-24)32-18/h1-4,9-18,23-30H,5-6H2/t9-,10-,11+,12+,13-,14-,15-,16-,17-,18+/m1/s1. The predicted molar refractivity (Wildman–Crippen MR) is 101 cm³/mol. The minimum Gasteiger partial charge on any atom is -0.394 e. The second-order valence-corrected chi connectivity index (χ2v) is 7.78. The van der Waals surface area contributed by atoms with Crippen LogP contribution in [-0.4, -0.2) is 110 Å². The number of hydrogen-bond acceptors (Lipinski definition) is 11. The Morgan fingerprint density at radius 3 is 1.94 bits per heavy atom. The number of benzene rings is 1. The Morgan fingerprint density at radius 1 is 0.788 bits per heavy atom. The molecule has 1 aromatic carbocycles. The molecule has 8 N–H and O–H groups in total. The molecule has 1 aromatic rings. The third kappa shape index (κ3) is 5.57. The van der Waals surface area contributed by atoms with Crippen molar-refractivity contribution in [2.24, 2.45) is 0 Å². The van der Waals surface area contributed by atoms with E-state index in [0.29, 0.717) is 0 Å². The molecule has 33 heavy (non-hydrogen) atoms. The average molecular weight is 485 g/mol. The minimum absolute atomic E-state index is 0.129. The smallest absolute Gasteiger partial charge is 0.394 e. The second kappa shape index (κ2) is 10.4. The van der Waals surface area contributed by atoms with Gasteiger partial charge in [-0.15, -0.1) is 0 Å². The normalized spacial score (nSPS) is 39.9. The number of halogens is 3. The Morgan fingerprint density at radius 2 is 1.39 bits per heavy atom. The van der Waals surface area contributed by atoms with Gasteiger partial charge in [0.1, 0.15) is 48.8 Å². The maximum atomic E-state index is 12.7. The van der Waals surface area contributed by atoms with Gasteiger partial charge in [-0.3, -0.25) is 0 Å². The van der Waals surface area contributed by atoms with Crippen LogP contribution in [0.4, 0.5) is 18.9 Å². The van der Waals surface area contributed by atoms with Crippen LogP contribution in [0.2, 0.25) is 0 Å². The molecule has 3 rings (SSSR count). The highest BCUT2D eigenvalue weighted by atomic mass is 19.4. The average Bonchev–Trinajstić information content (AvgIpc) is 2.78. The topological polar surface area (TPSA) is 181 Å². The van der Waals surface area contributed by atoms with E-state index in [2.05, 4.69) is 5.32 Å². The van der Waals surface area contributed by atoms with Crippen molar-refractivity contribution in [1.82, 2.24) is 0 Å². The van der Waals surface area contributed by atoms with Gasteiger partial charge in [0, 0.05) is 5.69 Å². The molecular formula is C19H26F3NO10. The summed E-state index contributed by atoms with van der Waals surface area (Å²) in [6, 6.07) is 3.80. The van der Waals surface area contributed by atoms with Crippen LogP contribution in [0.15, 0.2) is 24.3 Å². The molecule has 2 saturated heterocycles. The maximum Gasteiger partial charge on any atom is 0.416 e. The van der Waals surface area contributed by atoms with Gasteiger partial charge in [0.15, 0.2) is 12.5 Å². The summed E-state index contributed by atoms with van der Waals surface area (Å²) >= 11 is 0. The molecule has 2 aliphatic heterocycles. The van der Waals surface area contributed by atoms with Crippen molar-refractivity contribution in [2.75, 3.05) is 18.5 Å². The number of rotatable bonds is 6. The summed E-state index contributed by atoms with van der Waals surface area (Å²) in [5.74, 6) is 0. The Labute approximate surface area is 185 Å². The zero-order valence-corrected chi connectivity index (χ0v) is 17.0. The van der Waals surface area contributed by atoms with Gasteiger partial charge in [-0.05, 0) is 24.3 Å². The van der Waals surface area contributed by atoms with Crippen molar-refractivity contribution in [3.8, 4) is 0 Å². The van der Waals surface area contributed by atoms with Crippen molar-refractivity contribution in [1.29, 1.82) is 0 Å². The van der Waals surface area contributed by atoms with Crippen molar-refractivity contribution in [3.05, 3.63) is 29.8 Å². The fourth-order valence-electron chi connectivity index (χ4n) is 3.63. The van der Waals surface area contributed by atoms with Gasteiger partial charge in [0.2, 0.25) is 0 Å². The van der Waals surface area contributed by atoms with Crippen LogP contribution < -0.4 is 5.32 Å². The summed E-state index contributed by atoms with van der Waals surface area (Å²) in [7, 11) is 0. The third-order valence-corrected chi connectivity index (χ3v) is 5.53. The fourth-order valence-corrected chi connectivity index (χ4v) is 3.63. The zero-order valence-electron chi connectivity index (χ0n) is 17.0. The Bertz CT molecular complexity index is 765. The van der Waals surface area contributed by atoms with Gasteiger partial charge in [-0.2, -0.15) is 13.2 Å². The molecule has 188 valence electrons. The van der Waals surface area contributed by atoms with Gasteiger partial charge in [-0.1, -0.05) is 0 Å². The molecule has 0 bridgehead atoms. The number of alkyl halides is 3. The molecule has 14 heteroatoms. The molecule has 2 heterocycles. The molecule has 2 aliphatic rings. The molecule has 0 aromatic heterocycles. The Balaban J connectivity index is 1.70. The lowest BCUT2D eigenvalue weighted by atomic mass is 9.96. The zero-order chi connectivity index (χ0) is 24.5. The highest BCUT2D eigenvalue weighted by Gasteiger charge is 2.50. The van der Waals surface area contributed by atoms with Gasteiger partial charge in [0.05, 0.1) is 18.8 Å². The largest absolute Gasteiger partial charge is 0.416 e. The first kappa shape index (κ1) is 26.0. The van der Waals surface area contributed by atoms with Crippen LogP contribution in [0.25, 0.3) is 0 Å². The summed E-state index contributed by atoms with van der Waals surface area (Å²) in [5.41, 5.74) is -0.760. The summed E-state index contributed by atoms with van der Waals surface area (Å²) in [6.45, 7) is -1.46. The minimum atomic E-state index is -4.54. The van der Waals surface area contributed by atoms with E-state index in [0.717, 1.165) is 24.3 Å². The number of hydrogen-bond donors (Lipinski definition) is 8. The summed E-state index contributed by atoms with van der Waals surface area (Å²) in [4.78, 5) is 0. The first-order chi connectivity index (χ1) is 15.5. The quantitative estimate of drug-likeness (QED) is 0.218. The van der Waals surface area contributed by atoms with Crippen molar-refractivity contribution < 1.29 is 63.1 Å². The van der Waals surface area contributed by atoms with E-state index in [1.807, 2.05) is 0 Å². The first-order valence-electron chi connectivity index (χ1n) is 10.00. The fraction of sp³-hybridized carbons (Fsp3) is 0.684. The molecule has 0 saturated carbocycles. The van der Waals surface area contributed by atoms with E-state index in [1.165, 1.54) is 0 Å². The molecule has 11 nitrogen and oxygen atoms in total. The lowest BCUT2D eigenvalue weighted by molar-refractivity contribution is -0.340. The lowest BCUT2D eigenvalue weighted by Crippen LogP contribution is -2.65. The highest BCUT2D eigenvalue weighted by molar-refractivity contribution is 5.46. The van der Waals surface area contributed by atoms with Gasteiger partial charge >= 0.3 is 6.18 Å². The molecule has 0 aliphatic carbocycles. The van der Waals surface area contributed by atoms with E-state index in [9.17, 15) is 48.9 Å².